The summed E-state index contributed by atoms with van der Waals surface area (Å²) >= 11 is 0. The van der Waals surface area contributed by atoms with E-state index in [2.05, 4.69) is 25.9 Å². The molecule has 0 radical (unpaired) electrons. The molecule has 144 valence electrons. The van der Waals surface area contributed by atoms with Crippen LogP contribution in [0.5, 0.6) is 5.75 Å². The minimum absolute atomic E-state index is 0.273. The topological polar surface area (TPSA) is 106 Å². The SMILES string of the molecule is Nc1nc(N2CC=C(c3ccc(O)cc3)CC2)nc2c1ncn2-c1ccncc1. The van der Waals surface area contributed by atoms with Crippen LogP contribution >= 0.6 is 0 Å². The van der Waals surface area contributed by atoms with Gasteiger partial charge in [0.2, 0.25) is 5.95 Å². The van der Waals surface area contributed by atoms with Gasteiger partial charge >= 0.3 is 0 Å². The van der Waals surface area contributed by atoms with Gasteiger partial charge in [0.15, 0.2) is 17.0 Å². The molecule has 0 atom stereocenters. The number of phenols is 1. The third kappa shape index (κ3) is 3.14. The summed E-state index contributed by atoms with van der Waals surface area (Å²) in [6.45, 7) is 1.46. The maximum absolute atomic E-state index is 9.48. The van der Waals surface area contributed by atoms with Crippen LogP contribution in [0.25, 0.3) is 22.4 Å². The zero-order chi connectivity index (χ0) is 19.8. The highest BCUT2D eigenvalue weighted by molar-refractivity contribution is 5.84. The number of aromatic nitrogens is 5. The van der Waals surface area contributed by atoms with Gasteiger partial charge < -0.3 is 15.7 Å². The summed E-state index contributed by atoms with van der Waals surface area (Å²) in [6, 6.07) is 11.1. The number of anilines is 2. The predicted molar refractivity (Wildman–Crippen MR) is 112 cm³/mol. The van der Waals surface area contributed by atoms with Crippen LogP contribution in [0, 0.1) is 0 Å². The Morgan fingerprint density at radius 2 is 1.79 bits per heavy atom. The first-order valence-corrected chi connectivity index (χ1v) is 9.33. The van der Waals surface area contributed by atoms with Gasteiger partial charge in [-0.3, -0.25) is 9.55 Å². The van der Waals surface area contributed by atoms with Crippen LogP contribution in [0.15, 0.2) is 61.2 Å². The van der Waals surface area contributed by atoms with Gasteiger partial charge in [0.1, 0.15) is 12.1 Å². The molecule has 0 aliphatic carbocycles. The van der Waals surface area contributed by atoms with E-state index in [1.165, 1.54) is 5.57 Å². The van der Waals surface area contributed by atoms with Gasteiger partial charge in [-0.05, 0) is 41.8 Å². The third-order valence-electron chi connectivity index (χ3n) is 5.08. The molecule has 3 N–H and O–H groups in total. The first-order valence-electron chi connectivity index (χ1n) is 9.33. The molecular weight excluding hydrogens is 366 g/mol. The molecule has 0 spiro atoms. The van der Waals surface area contributed by atoms with E-state index in [1.54, 1.807) is 30.9 Å². The maximum atomic E-state index is 9.48. The second kappa shape index (κ2) is 6.90. The van der Waals surface area contributed by atoms with E-state index in [1.807, 2.05) is 28.8 Å². The summed E-state index contributed by atoms with van der Waals surface area (Å²) in [7, 11) is 0. The van der Waals surface area contributed by atoms with Crippen LogP contribution in [0.4, 0.5) is 11.8 Å². The van der Waals surface area contributed by atoms with Crippen LogP contribution in [-0.4, -0.2) is 42.7 Å². The van der Waals surface area contributed by atoms with Crippen LogP contribution in [0.1, 0.15) is 12.0 Å². The minimum atomic E-state index is 0.273. The Morgan fingerprint density at radius 3 is 2.52 bits per heavy atom. The van der Waals surface area contributed by atoms with Crippen molar-refractivity contribution in [1.29, 1.82) is 0 Å². The Hall–Kier alpha value is -3.94. The molecule has 0 unspecified atom stereocenters. The average Bonchev–Trinajstić information content (AvgIpc) is 3.20. The predicted octanol–water partition coefficient (Wildman–Crippen LogP) is 2.79. The van der Waals surface area contributed by atoms with E-state index < -0.39 is 0 Å². The Balaban J connectivity index is 1.47. The van der Waals surface area contributed by atoms with Crippen LogP contribution in [-0.2, 0) is 0 Å². The fraction of sp³-hybridized carbons (Fsp3) is 0.143. The van der Waals surface area contributed by atoms with Gasteiger partial charge in [0.05, 0.1) is 5.69 Å². The number of nitrogen functional groups attached to an aromatic ring is 1. The van der Waals surface area contributed by atoms with E-state index in [9.17, 15) is 5.11 Å². The van der Waals surface area contributed by atoms with Crippen molar-refractivity contribution in [3.05, 3.63) is 66.8 Å². The number of fused-ring (bicyclic) bond motifs is 1. The molecule has 1 aromatic carbocycles. The normalized spacial score (nSPS) is 14.2. The molecule has 0 saturated carbocycles. The summed E-state index contributed by atoms with van der Waals surface area (Å²) in [5, 5.41) is 9.48. The van der Waals surface area contributed by atoms with Crippen LogP contribution in [0.3, 0.4) is 0 Å². The number of hydrogen-bond donors (Lipinski definition) is 2. The number of hydrogen-bond acceptors (Lipinski definition) is 7. The molecule has 4 aromatic rings. The van der Waals surface area contributed by atoms with Crippen molar-refractivity contribution >= 4 is 28.5 Å². The van der Waals surface area contributed by atoms with Crippen molar-refractivity contribution in [3.63, 3.8) is 0 Å². The zero-order valence-electron chi connectivity index (χ0n) is 15.6. The summed E-state index contributed by atoms with van der Waals surface area (Å²) in [5.74, 6) is 1.23. The number of pyridine rings is 1. The Kier molecular flexibility index (Phi) is 4.09. The lowest BCUT2D eigenvalue weighted by Crippen LogP contribution is -2.30. The molecule has 4 heterocycles. The highest BCUT2D eigenvalue weighted by Crippen LogP contribution is 2.27. The van der Waals surface area contributed by atoms with Gasteiger partial charge in [-0.25, -0.2) is 4.98 Å². The van der Waals surface area contributed by atoms with E-state index in [0.29, 0.717) is 29.5 Å². The van der Waals surface area contributed by atoms with E-state index >= 15 is 0 Å². The summed E-state index contributed by atoms with van der Waals surface area (Å²) in [4.78, 5) is 19.8. The lowest BCUT2D eigenvalue weighted by atomic mass is 9.99. The molecule has 8 nitrogen and oxygen atoms in total. The number of nitrogens with two attached hydrogens (primary N) is 1. The Morgan fingerprint density at radius 1 is 1.00 bits per heavy atom. The quantitative estimate of drug-likeness (QED) is 0.558. The van der Waals surface area contributed by atoms with Crippen molar-refractivity contribution in [3.8, 4) is 11.4 Å². The fourth-order valence-corrected chi connectivity index (χ4v) is 3.53. The van der Waals surface area contributed by atoms with Crippen molar-refractivity contribution in [2.75, 3.05) is 23.7 Å². The largest absolute Gasteiger partial charge is 0.508 e. The molecule has 0 bridgehead atoms. The number of rotatable bonds is 3. The second-order valence-electron chi connectivity index (χ2n) is 6.87. The number of aromatic hydroxyl groups is 1. The third-order valence-corrected chi connectivity index (χ3v) is 5.08. The molecule has 0 fully saturated rings. The van der Waals surface area contributed by atoms with Gasteiger partial charge in [0, 0.05) is 25.5 Å². The lowest BCUT2D eigenvalue weighted by molar-refractivity contribution is 0.475. The molecular formula is C21H19N7O. The Bertz CT molecular complexity index is 1200. The smallest absolute Gasteiger partial charge is 0.229 e. The summed E-state index contributed by atoms with van der Waals surface area (Å²) in [5.41, 5.74) is 10.7. The summed E-state index contributed by atoms with van der Waals surface area (Å²) in [6.07, 6.45) is 8.18. The van der Waals surface area contributed by atoms with Gasteiger partial charge in [-0.1, -0.05) is 18.2 Å². The highest BCUT2D eigenvalue weighted by atomic mass is 16.3. The lowest BCUT2D eigenvalue weighted by Gasteiger charge is -2.26. The molecule has 1 aliphatic heterocycles. The molecule has 5 rings (SSSR count). The number of nitrogens with zero attached hydrogens (tertiary/aromatic N) is 6. The molecule has 8 heteroatoms. The first-order chi connectivity index (χ1) is 14.2. The van der Waals surface area contributed by atoms with E-state index in [-0.39, 0.29) is 5.75 Å². The maximum Gasteiger partial charge on any atom is 0.229 e. The van der Waals surface area contributed by atoms with Crippen molar-refractivity contribution in [2.45, 2.75) is 6.42 Å². The molecule has 1 aliphatic rings. The number of phenolic OH excluding ortho intramolecular Hbond substituents is 1. The van der Waals surface area contributed by atoms with Crippen molar-refractivity contribution < 1.29 is 5.11 Å². The standard InChI is InChI=1S/C21H19N7O/c22-19-18-20(28(13-24-18)16-5-9-23-10-6-16)26-21(25-19)27-11-7-15(8-12-27)14-1-3-17(29)4-2-14/h1-7,9-10,13,29H,8,11-12H2,(H2,22,25,26). The van der Waals surface area contributed by atoms with Gasteiger partial charge in [0.25, 0.3) is 0 Å². The number of imidazole rings is 1. The van der Waals surface area contributed by atoms with Crippen molar-refractivity contribution in [2.24, 2.45) is 0 Å². The highest BCUT2D eigenvalue weighted by Gasteiger charge is 2.19. The summed E-state index contributed by atoms with van der Waals surface area (Å²) < 4.78 is 1.89. The van der Waals surface area contributed by atoms with Gasteiger partial charge in [-0.2, -0.15) is 9.97 Å². The number of benzene rings is 1. The second-order valence-corrected chi connectivity index (χ2v) is 6.87. The van der Waals surface area contributed by atoms with Gasteiger partial charge in [-0.15, -0.1) is 0 Å². The average molecular weight is 385 g/mol. The van der Waals surface area contributed by atoms with Crippen LogP contribution in [0.2, 0.25) is 0 Å². The molecule has 3 aromatic heterocycles. The monoisotopic (exact) mass is 385 g/mol. The Labute approximate surface area is 167 Å². The van der Waals surface area contributed by atoms with Crippen molar-refractivity contribution in [1.82, 2.24) is 24.5 Å². The fourth-order valence-electron chi connectivity index (χ4n) is 3.53. The van der Waals surface area contributed by atoms with E-state index in [4.69, 9.17) is 10.7 Å². The van der Waals surface area contributed by atoms with E-state index in [0.717, 1.165) is 24.2 Å². The van der Waals surface area contributed by atoms with Crippen LogP contribution < -0.4 is 10.6 Å². The molecule has 29 heavy (non-hydrogen) atoms. The minimum Gasteiger partial charge on any atom is -0.508 e. The zero-order valence-corrected chi connectivity index (χ0v) is 15.6. The first kappa shape index (κ1) is 17.2. The molecule has 0 amide bonds. The molecule has 0 saturated heterocycles.